The van der Waals surface area contributed by atoms with E-state index in [4.69, 9.17) is 16.6 Å². The molecular formula is C25H21N3O2S2. The third-order valence-corrected chi connectivity index (χ3v) is 6.44. The van der Waals surface area contributed by atoms with Crippen LogP contribution < -0.4 is 10.6 Å². The summed E-state index contributed by atoms with van der Waals surface area (Å²) < 4.78 is 6.61. The molecule has 0 saturated carbocycles. The molecular weight excluding hydrogens is 438 g/mol. The van der Waals surface area contributed by atoms with Gasteiger partial charge in [-0.05, 0) is 58.8 Å². The first-order valence-electron chi connectivity index (χ1n) is 10.2. The first-order chi connectivity index (χ1) is 15.3. The molecule has 0 amide bonds. The Labute approximate surface area is 194 Å². The number of hydrogen-bond donors (Lipinski definition) is 2. The molecule has 4 aromatic rings. The molecule has 0 radical (unpaired) electrons. The fraction of sp³-hybridized carbons (Fsp3) is 0.160. The lowest BCUT2D eigenvalue weighted by Crippen LogP contribution is -2.10. The third-order valence-electron chi connectivity index (χ3n) is 5.27. The number of rotatable bonds is 3. The molecule has 1 aliphatic rings. The van der Waals surface area contributed by atoms with Crippen molar-refractivity contribution in [1.29, 1.82) is 0 Å². The molecule has 7 heteroatoms. The lowest BCUT2D eigenvalue weighted by Gasteiger charge is -2.18. The first kappa shape index (κ1) is 20.6. The minimum atomic E-state index is 0.0769. The van der Waals surface area contributed by atoms with E-state index in [1.54, 1.807) is 0 Å². The zero-order valence-corrected chi connectivity index (χ0v) is 19.5. The highest BCUT2D eigenvalue weighted by atomic mass is 32.1. The van der Waals surface area contributed by atoms with E-state index in [0.29, 0.717) is 20.4 Å². The highest BCUT2D eigenvalue weighted by Gasteiger charge is 2.16. The van der Waals surface area contributed by atoms with Gasteiger partial charge in [0.2, 0.25) is 5.88 Å². The minimum Gasteiger partial charge on any atom is -0.494 e. The van der Waals surface area contributed by atoms with Crippen LogP contribution in [-0.2, 0) is 5.41 Å². The number of amidine groups is 1. The van der Waals surface area contributed by atoms with Gasteiger partial charge in [0.15, 0.2) is 15.6 Å². The molecule has 2 N–H and O–H groups in total. The highest BCUT2D eigenvalue weighted by molar-refractivity contribution is 7.73. The predicted octanol–water partition coefficient (Wildman–Crippen LogP) is 5.61. The van der Waals surface area contributed by atoms with Crippen molar-refractivity contribution in [1.82, 2.24) is 4.98 Å². The van der Waals surface area contributed by atoms with Crippen LogP contribution in [0.5, 0.6) is 5.88 Å². The summed E-state index contributed by atoms with van der Waals surface area (Å²) in [5.74, 6) is 2.04. The summed E-state index contributed by atoms with van der Waals surface area (Å²) in [5, 5.41) is 11.6. The van der Waals surface area contributed by atoms with Crippen molar-refractivity contribution < 1.29 is 9.52 Å². The molecule has 5 rings (SSSR count). The molecule has 3 heterocycles. The Bertz CT molecular complexity index is 1530. The summed E-state index contributed by atoms with van der Waals surface area (Å²) >= 11 is 6.40. The van der Waals surface area contributed by atoms with Gasteiger partial charge in [-0.25, -0.2) is 9.98 Å². The molecule has 2 aromatic heterocycles. The fourth-order valence-corrected chi connectivity index (χ4v) is 4.56. The maximum Gasteiger partial charge on any atom is 0.207 e. The van der Waals surface area contributed by atoms with E-state index in [1.807, 2.05) is 36.4 Å². The van der Waals surface area contributed by atoms with Gasteiger partial charge in [0.05, 0.1) is 15.9 Å². The number of aromatic hydroxyl groups is 1. The van der Waals surface area contributed by atoms with Gasteiger partial charge in [-0.15, -0.1) is 11.3 Å². The molecule has 0 atom stereocenters. The van der Waals surface area contributed by atoms with E-state index in [9.17, 15) is 5.11 Å². The number of nitrogens with zero attached hydrogens (tertiary/aromatic N) is 2. The predicted molar refractivity (Wildman–Crippen MR) is 131 cm³/mol. The number of furan rings is 1. The molecule has 5 nitrogen and oxygen atoms in total. The second-order valence-electron chi connectivity index (χ2n) is 8.66. The van der Waals surface area contributed by atoms with E-state index in [-0.39, 0.29) is 11.3 Å². The molecule has 32 heavy (non-hydrogen) atoms. The summed E-state index contributed by atoms with van der Waals surface area (Å²) in [7, 11) is 0. The number of aromatic nitrogens is 1. The first-order valence-corrected chi connectivity index (χ1v) is 11.4. The number of aliphatic imine (C=N–C) groups is 1. The largest absolute Gasteiger partial charge is 0.494 e. The fourth-order valence-electron chi connectivity index (χ4n) is 3.51. The smallest absolute Gasteiger partial charge is 0.207 e. The zero-order chi connectivity index (χ0) is 22.5. The Morgan fingerprint density at radius 3 is 2.44 bits per heavy atom. The van der Waals surface area contributed by atoms with Crippen LogP contribution in [0, 0.1) is 3.95 Å². The van der Waals surface area contributed by atoms with Gasteiger partial charge >= 0.3 is 0 Å². The van der Waals surface area contributed by atoms with Crippen LogP contribution in [0.3, 0.4) is 0 Å². The number of thiazole rings is 1. The molecule has 0 spiro atoms. The standard InChI is InChI=1S/C25H21N3O2S2/c1-25(2,3)16-7-5-15(6-8-16)19-10-11-20(30-19)22-26-17-9-4-14(12-18(17)27-22)13-21-23(29)28-24(31)32-21/h4-13,29H,1-3H3,(H,28,31)/b14-13-. The molecule has 0 bridgehead atoms. The van der Waals surface area contributed by atoms with Crippen molar-refractivity contribution >= 4 is 41.2 Å². The number of H-pyrrole nitrogens is 1. The third kappa shape index (κ3) is 3.97. The average Bonchev–Trinajstić information content (AvgIpc) is 3.46. The maximum atomic E-state index is 9.93. The topological polar surface area (TPSA) is 73.9 Å². The Hall–Kier alpha value is -3.29. The number of fused-ring (bicyclic) bond motifs is 1. The summed E-state index contributed by atoms with van der Waals surface area (Å²) in [4.78, 5) is 12.7. The van der Waals surface area contributed by atoms with Crippen molar-refractivity contribution in [2.24, 2.45) is 9.98 Å². The maximum absolute atomic E-state index is 9.93. The SMILES string of the molecule is CC(C)(C)c1ccc(-c2ccc(C3=Nc4c/c(=C\c5sc(=S)[nH]c5O)ccc4=N3)o2)cc1. The monoisotopic (exact) mass is 459 g/mol. The van der Waals surface area contributed by atoms with Crippen LogP contribution in [0.4, 0.5) is 5.69 Å². The molecule has 0 saturated heterocycles. The van der Waals surface area contributed by atoms with Crippen LogP contribution in [0.25, 0.3) is 17.4 Å². The molecule has 0 unspecified atom stereocenters. The quantitative estimate of drug-likeness (QED) is 0.391. The van der Waals surface area contributed by atoms with Crippen LogP contribution in [0.1, 0.15) is 37.0 Å². The summed E-state index contributed by atoms with van der Waals surface area (Å²) in [5.41, 5.74) is 3.18. The normalized spacial score (nSPS) is 13.7. The second kappa shape index (κ2) is 7.69. The van der Waals surface area contributed by atoms with Gasteiger partial charge in [-0.3, -0.25) is 0 Å². The van der Waals surface area contributed by atoms with Crippen LogP contribution in [0.2, 0.25) is 0 Å². The lowest BCUT2D eigenvalue weighted by atomic mass is 9.86. The molecule has 2 aromatic carbocycles. The summed E-state index contributed by atoms with van der Waals surface area (Å²) in [6.07, 6.45) is 1.87. The minimum absolute atomic E-state index is 0.0769. The van der Waals surface area contributed by atoms with Gasteiger partial charge in [-0.2, -0.15) is 0 Å². The van der Waals surface area contributed by atoms with Gasteiger partial charge in [0.1, 0.15) is 5.76 Å². The molecule has 0 aliphatic carbocycles. The number of hydrogen-bond acceptors (Lipinski definition) is 6. The Balaban J connectivity index is 1.43. The van der Waals surface area contributed by atoms with E-state index >= 15 is 0 Å². The van der Waals surface area contributed by atoms with E-state index in [1.165, 1.54) is 16.9 Å². The van der Waals surface area contributed by atoms with Crippen molar-refractivity contribution in [2.75, 3.05) is 0 Å². The van der Waals surface area contributed by atoms with Gasteiger partial charge in [0.25, 0.3) is 0 Å². The van der Waals surface area contributed by atoms with Crippen LogP contribution in [0.15, 0.2) is 69.0 Å². The molecule has 160 valence electrons. The van der Waals surface area contributed by atoms with E-state index in [2.05, 4.69) is 60.0 Å². The number of aromatic amines is 1. The van der Waals surface area contributed by atoms with Gasteiger partial charge < -0.3 is 14.5 Å². The number of nitrogens with one attached hydrogen (secondary N) is 1. The van der Waals surface area contributed by atoms with Crippen LogP contribution in [-0.4, -0.2) is 15.9 Å². The van der Waals surface area contributed by atoms with Crippen LogP contribution >= 0.6 is 23.6 Å². The van der Waals surface area contributed by atoms with Crippen molar-refractivity contribution in [3.63, 3.8) is 0 Å². The summed E-state index contributed by atoms with van der Waals surface area (Å²) in [6, 6.07) is 18.1. The summed E-state index contributed by atoms with van der Waals surface area (Å²) in [6.45, 7) is 6.60. The molecule has 0 fully saturated rings. The van der Waals surface area contributed by atoms with Crippen molar-refractivity contribution in [2.45, 2.75) is 26.2 Å². The second-order valence-corrected chi connectivity index (χ2v) is 10.4. The Kier molecular flexibility index (Phi) is 4.95. The lowest BCUT2D eigenvalue weighted by molar-refractivity contribution is 0.456. The van der Waals surface area contributed by atoms with Gasteiger partial charge in [-0.1, -0.05) is 51.1 Å². The highest BCUT2D eigenvalue weighted by Crippen LogP contribution is 2.28. The molecule has 1 aliphatic heterocycles. The van der Waals surface area contributed by atoms with E-state index in [0.717, 1.165) is 27.6 Å². The zero-order valence-electron chi connectivity index (χ0n) is 17.8. The number of benzene rings is 2. The van der Waals surface area contributed by atoms with Gasteiger partial charge in [0, 0.05) is 5.56 Å². The average molecular weight is 460 g/mol. The van der Waals surface area contributed by atoms with Crippen molar-refractivity contribution in [3.05, 3.63) is 85.3 Å². The Morgan fingerprint density at radius 2 is 1.75 bits per heavy atom. The Morgan fingerprint density at radius 1 is 1.00 bits per heavy atom. The van der Waals surface area contributed by atoms with E-state index < -0.39 is 0 Å². The van der Waals surface area contributed by atoms with Crippen molar-refractivity contribution in [3.8, 4) is 17.2 Å².